The number of hydrogen-bond donors (Lipinski definition) is 2. The number of carbonyl (C=O) groups excluding carboxylic acids is 1. The molecule has 0 bridgehead atoms. The Morgan fingerprint density at radius 3 is 2.27 bits per heavy atom. The highest BCUT2D eigenvalue weighted by Crippen LogP contribution is 2.05. The van der Waals surface area contributed by atoms with Crippen molar-refractivity contribution in [1.29, 1.82) is 0 Å². The van der Waals surface area contributed by atoms with Crippen molar-refractivity contribution in [3.8, 4) is 0 Å². The van der Waals surface area contributed by atoms with Crippen molar-refractivity contribution >= 4 is 11.8 Å². The van der Waals surface area contributed by atoms with E-state index >= 15 is 0 Å². The molecule has 15 heavy (non-hydrogen) atoms. The number of nitrogens with two attached hydrogens (primary N) is 1. The largest absolute Gasteiger partial charge is 0.477 e. The molecule has 5 heteroatoms. The molecule has 0 fully saturated rings. The zero-order valence-corrected chi connectivity index (χ0v) is 7.61. The first-order valence-corrected chi connectivity index (χ1v) is 4.01. The number of aliphatic carboxylic acids is 1. The Kier molecular flexibility index (Phi) is 3.17. The molecule has 1 aromatic rings. The molecule has 0 atom stereocenters. The SMILES string of the molecule is N/C(=C\C(=O)c1ccc(F)cc1)C(=O)O. The van der Waals surface area contributed by atoms with E-state index in [2.05, 4.69) is 0 Å². The molecule has 0 amide bonds. The van der Waals surface area contributed by atoms with E-state index < -0.39 is 23.3 Å². The van der Waals surface area contributed by atoms with Gasteiger partial charge in [0, 0.05) is 11.6 Å². The molecule has 3 N–H and O–H groups in total. The summed E-state index contributed by atoms with van der Waals surface area (Å²) in [6.45, 7) is 0. The normalized spacial score (nSPS) is 11.1. The van der Waals surface area contributed by atoms with Crippen molar-refractivity contribution in [1.82, 2.24) is 0 Å². The van der Waals surface area contributed by atoms with E-state index in [-0.39, 0.29) is 5.56 Å². The van der Waals surface area contributed by atoms with Crippen LogP contribution in [0.1, 0.15) is 10.4 Å². The molecule has 0 heterocycles. The summed E-state index contributed by atoms with van der Waals surface area (Å²) < 4.78 is 12.5. The molecule has 0 aromatic heterocycles. The molecule has 0 unspecified atom stereocenters. The lowest BCUT2D eigenvalue weighted by molar-refractivity contribution is -0.132. The molecule has 0 radical (unpaired) electrons. The van der Waals surface area contributed by atoms with Gasteiger partial charge in [-0.25, -0.2) is 9.18 Å². The van der Waals surface area contributed by atoms with Crippen LogP contribution in [0.3, 0.4) is 0 Å². The van der Waals surface area contributed by atoms with Crippen molar-refractivity contribution < 1.29 is 19.1 Å². The van der Waals surface area contributed by atoms with Crippen LogP contribution in [0.4, 0.5) is 4.39 Å². The van der Waals surface area contributed by atoms with Gasteiger partial charge in [0.1, 0.15) is 11.5 Å². The standard InChI is InChI=1S/C10H8FNO3/c11-7-3-1-6(2-4-7)9(13)5-8(12)10(14)15/h1-5H,12H2,(H,14,15)/b8-5-. The Labute approximate surface area is 84.8 Å². The monoisotopic (exact) mass is 209 g/mol. The maximum atomic E-state index is 12.5. The number of halogens is 1. The third-order valence-corrected chi connectivity index (χ3v) is 1.66. The number of carboxylic acids is 1. The summed E-state index contributed by atoms with van der Waals surface area (Å²) in [7, 11) is 0. The first-order valence-electron chi connectivity index (χ1n) is 4.01. The molecule has 0 aliphatic carbocycles. The smallest absolute Gasteiger partial charge is 0.351 e. The van der Waals surface area contributed by atoms with Crippen molar-refractivity contribution in [2.75, 3.05) is 0 Å². The van der Waals surface area contributed by atoms with Gasteiger partial charge >= 0.3 is 5.97 Å². The highest BCUT2D eigenvalue weighted by atomic mass is 19.1. The number of carbonyl (C=O) groups is 2. The quantitative estimate of drug-likeness (QED) is 0.573. The lowest BCUT2D eigenvalue weighted by Gasteiger charge is -1.96. The first kappa shape index (κ1) is 10.9. The van der Waals surface area contributed by atoms with Crippen molar-refractivity contribution in [3.63, 3.8) is 0 Å². The van der Waals surface area contributed by atoms with Gasteiger partial charge in [-0.3, -0.25) is 4.79 Å². The van der Waals surface area contributed by atoms with Gasteiger partial charge in [-0.2, -0.15) is 0 Å². The van der Waals surface area contributed by atoms with Crippen LogP contribution in [-0.2, 0) is 4.79 Å². The lowest BCUT2D eigenvalue weighted by Crippen LogP contribution is -2.12. The molecule has 0 saturated heterocycles. The predicted octanol–water partition coefficient (Wildman–Crippen LogP) is 0.936. The molecule has 0 spiro atoms. The molecule has 1 rings (SSSR count). The minimum Gasteiger partial charge on any atom is -0.477 e. The average Bonchev–Trinajstić information content (AvgIpc) is 2.18. The van der Waals surface area contributed by atoms with Gasteiger partial charge < -0.3 is 10.8 Å². The summed E-state index contributed by atoms with van der Waals surface area (Å²) in [5, 5.41) is 8.42. The Hall–Kier alpha value is -2.17. The first-order chi connectivity index (χ1) is 7.00. The maximum absolute atomic E-state index is 12.5. The summed E-state index contributed by atoms with van der Waals surface area (Å²) >= 11 is 0. The van der Waals surface area contributed by atoms with Crippen LogP contribution in [0.5, 0.6) is 0 Å². The Morgan fingerprint density at radius 1 is 1.27 bits per heavy atom. The third kappa shape index (κ3) is 2.91. The van der Waals surface area contributed by atoms with E-state index in [0.29, 0.717) is 0 Å². The summed E-state index contributed by atoms with van der Waals surface area (Å²) in [6, 6.07) is 4.72. The fourth-order valence-corrected chi connectivity index (χ4v) is 0.900. The number of rotatable bonds is 3. The van der Waals surface area contributed by atoms with Crippen LogP contribution >= 0.6 is 0 Å². The summed E-state index contributed by atoms with van der Waals surface area (Å²) in [4.78, 5) is 21.6. The lowest BCUT2D eigenvalue weighted by atomic mass is 10.1. The topological polar surface area (TPSA) is 80.4 Å². The minimum atomic E-state index is -1.37. The van der Waals surface area contributed by atoms with Crippen molar-refractivity contribution in [3.05, 3.63) is 47.4 Å². The zero-order valence-electron chi connectivity index (χ0n) is 7.61. The highest BCUT2D eigenvalue weighted by Gasteiger charge is 2.07. The van der Waals surface area contributed by atoms with Gasteiger partial charge in [0.05, 0.1) is 0 Å². The molecule has 1 aromatic carbocycles. The number of allylic oxidation sites excluding steroid dienone is 1. The molecular weight excluding hydrogens is 201 g/mol. The summed E-state index contributed by atoms with van der Waals surface area (Å²) in [6.07, 6.45) is 0.787. The number of carboxylic acid groups (broad SMARTS) is 1. The molecule has 78 valence electrons. The minimum absolute atomic E-state index is 0.181. The number of ketones is 1. The van der Waals surface area contributed by atoms with Crippen molar-refractivity contribution in [2.24, 2.45) is 5.73 Å². The van der Waals surface area contributed by atoms with Gasteiger partial charge in [0.25, 0.3) is 0 Å². The molecule has 0 aliphatic rings. The van der Waals surface area contributed by atoms with E-state index in [4.69, 9.17) is 10.8 Å². The zero-order chi connectivity index (χ0) is 11.4. The Balaban J connectivity index is 2.91. The van der Waals surface area contributed by atoms with Gasteiger partial charge in [0.2, 0.25) is 0 Å². The van der Waals surface area contributed by atoms with Crippen LogP contribution < -0.4 is 5.73 Å². The van der Waals surface area contributed by atoms with E-state index in [0.717, 1.165) is 18.2 Å². The molecule has 4 nitrogen and oxygen atoms in total. The van der Waals surface area contributed by atoms with E-state index in [1.165, 1.54) is 12.1 Å². The van der Waals surface area contributed by atoms with Crippen LogP contribution in [0, 0.1) is 5.82 Å². The van der Waals surface area contributed by atoms with Crippen LogP contribution in [-0.4, -0.2) is 16.9 Å². The third-order valence-electron chi connectivity index (χ3n) is 1.66. The van der Waals surface area contributed by atoms with E-state index in [1.807, 2.05) is 0 Å². The van der Waals surface area contributed by atoms with Gasteiger partial charge in [-0.05, 0) is 24.3 Å². The van der Waals surface area contributed by atoms with Gasteiger partial charge in [0.15, 0.2) is 5.78 Å². The van der Waals surface area contributed by atoms with E-state index in [1.54, 1.807) is 0 Å². The molecule has 0 saturated carbocycles. The predicted molar refractivity (Wildman–Crippen MR) is 50.6 cm³/mol. The number of benzene rings is 1. The fraction of sp³-hybridized carbons (Fsp3) is 0. The Morgan fingerprint density at radius 2 is 1.80 bits per heavy atom. The summed E-state index contributed by atoms with van der Waals surface area (Å²) in [5.74, 6) is -2.41. The molecular formula is C10H8FNO3. The van der Waals surface area contributed by atoms with Crippen LogP contribution in [0.15, 0.2) is 36.0 Å². The van der Waals surface area contributed by atoms with Gasteiger partial charge in [-0.1, -0.05) is 0 Å². The fourth-order valence-electron chi connectivity index (χ4n) is 0.900. The maximum Gasteiger partial charge on any atom is 0.351 e. The number of hydrogen-bond acceptors (Lipinski definition) is 3. The molecule has 0 aliphatic heterocycles. The van der Waals surface area contributed by atoms with Crippen LogP contribution in [0.25, 0.3) is 0 Å². The Bertz CT molecular complexity index is 423. The second-order valence-electron chi connectivity index (χ2n) is 2.78. The van der Waals surface area contributed by atoms with E-state index in [9.17, 15) is 14.0 Å². The second-order valence-corrected chi connectivity index (χ2v) is 2.78. The highest BCUT2D eigenvalue weighted by molar-refractivity contribution is 6.08. The van der Waals surface area contributed by atoms with Crippen molar-refractivity contribution in [2.45, 2.75) is 0 Å². The summed E-state index contributed by atoms with van der Waals surface area (Å²) in [5.41, 5.74) is 4.68. The van der Waals surface area contributed by atoms with Gasteiger partial charge in [-0.15, -0.1) is 0 Å². The average molecular weight is 209 g/mol. The second kappa shape index (κ2) is 4.36. The van der Waals surface area contributed by atoms with Crippen LogP contribution in [0.2, 0.25) is 0 Å².